The number of halogens is 1. The monoisotopic (exact) mass is 395 g/mol. The Bertz CT molecular complexity index is 880. The number of hydrogen-bond donors (Lipinski definition) is 1. The molecule has 2 nitrogen and oxygen atoms in total. The minimum atomic E-state index is 0.340. The van der Waals surface area contributed by atoms with Crippen LogP contribution in [0.25, 0.3) is 5.70 Å². The molecule has 0 amide bonds. The summed E-state index contributed by atoms with van der Waals surface area (Å²) in [4.78, 5) is 0. The highest BCUT2D eigenvalue weighted by Gasteiger charge is 2.25. The summed E-state index contributed by atoms with van der Waals surface area (Å²) in [6.07, 6.45) is 8.88. The molecule has 2 saturated carbocycles. The van der Waals surface area contributed by atoms with E-state index in [-0.39, 0.29) is 0 Å². The van der Waals surface area contributed by atoms with Gasteiger partial charge in [-0.2, -0.15) is 0 Å². The second-order valence-corrected chi connectivity index (χ2v) is 8.92. The number of aryl methyl sites for hydroxylation is 2. The number of rotatable bonds is 7. The highest BCUT2D eigenvalue weighted by molar-refractivity contribution is 6.31. The molecule has 28 heavy (non-hydrogen) atoms. The van der Waals surface area contributed by atoms with Gasteiger partial charge in [0.2, 0.25) is 0 Å². The van der Waals surface area contributed by atoms with E-state index in [4.69, 9.17) is 16.3 Å². The molecule has 0 saturated heterocycles. The van der Waals surface area contributed by atoms with Gasteiger partial charge >= 0.3 is 0 Å². The van der Waals surface area contributed by atoms with Gasteiger partial charge in [0.15, 0.2) is 0 Å². The van der Waals surface area contributed by atoms with E-state index in [0.717, 1.165) is 52.9 Å². The lowest BCUT2D eigenvalue weighted by Gasteiger charge is -2.31. The molecule has 0 aliphatic heterocycles. The predicted molar refractivity (Wildman–Crippen MR) is 119 cm³/mol. The molecule has 1 N–H and O–H groups in total. The third-order valence-electron chi connectivity index (χ3n) is 6.37. The first-order valence-electron chi connectivity index (χ1n) is 10.5. The van der Waals surface area contributed by atoms with Crippen LogP contribution in [0.15, 0.2) is 36.9 Å². The quantitative estimate of drug-likeness (QED) is 0.530. The van der Waals surface area contributed by atoms with Crippen molar-refractivity contribution < 1.29 is 4.74 Å². The van der Waals surface area contributed by atoms with Gasteiger partial charge in [-0.1, -0.05) is 43.5 Å². The fraction of sp³-hybridized carbons (Fsp3) is 0.440. The van der Waals surface area contributed by atoms with Gasteiger partial charge in [-0.3, -0.25) is 0 Å². The molecule has 0 heterocycles. The Morgan fingerprint density at radius 1 is 1.07 bits per heavy atom. The average molecular weight is 396 g/mol. The van der Waals surface area contributed by atoms with Crippen molar-refractivity contribution >= 4 is 23.0 Å². The van der Waals surface area contributed by atoms with Crippen LogP contribution in [0.4, 0.5) is 5.69 Å². The highest BCUT2D eigenvalue weighted by atomic mass is 35.5. The minimum absolute atomic E-state index is 0.340. The summed E-state index contributed by atoms with van der Waals surface area (Å²) in [6, 6.07) is 10.5. The molecule has 0 unspecified atom stereocenters. The summed E-state index contributed by atoms with van der Waals surface area (Å²) in [5.41, 5.74) is 6.62. The molecule has 4 rings (SSSR count). The molecule has 0 atom stereocenters. The molecule has 2 fully saturated rings. The summed E-state index contributed by atoms with van der Waals surface area (Å²) < 4.78 is 6.35. The van der Waals surface area contributed by atoms with Crippen LogP contribution in [0.5, 0.6) is 5.75 Å². The van der Waals surface area contributed by atoms with Crippen LogP contribution in [-0.2, 0) is 6.42 Å². The molecule has 2 aromatic carbocycles. The van der Waals surface area contributed by atoms with Crippen LogP contribution in [0, 0.1) is 19.8 Å². The van der Waals surface area contributed by atoms with Gasteiger partial charge in [0, 0.05) is 27.5 Å². The maximum Gasteiger partial charge on any atom is 0.125 e. The van der Waals surface area contributed by atoms with E-state index in [1.165, 1.54) is 42.4 Å². The molecule has 2 aliphatic rings. The topological polar surface area (TPSA) is 21.3 Å². The van der Waals surface area contributed by atoms with E-state index in [1.807, 2.05) is 6.07 Å². The Labute approximate surface area is 173 Å². The maximum absolute atomic E-state index is 6.75. The maximum atomic E-state index is 6.75. The molecule has 2 aliphatic carbocycles. The zero-order valence-corrected chi connectivity index (χ0v) is 17.7. The van der Waals surface area contributed by atoms with Crippen molar-refractivity contribution in [3.63, 3.8) is 0 Å². The lowest BCUT2D eigenvalue weighted by molar-refractivity contribution is 0.118. The summed E-state index contributed by atoms with van der Waals surface area (Å²) >= 11 is 6.75. The lowest BCUT2D eigenvalue weighted by atomic mass is 9.80. The molecule has 0 aromatic heterocycles. The molecule has 148 valence electrons. The van der Waals surface area contributed by atoms with Crippen molar-refractivity contribution in [1.29, 1.82) is 0 Å². The van der Waals surface area contributed by atoms with Crippen LogP contribution in [0.2, 0.25) is 5.02 Å². The minimum Gasteiger partial charge on any atom is -0.490 e. The number of ether oxygens (including phenoxy) is 1. The number of anilines is 1. The zero-order chi connectivity index (χ0) is 19.7. The first kappa shape index (κ1) is 19.4. The van der Waals surface area contributed by atoms with Crippen LogP contribution >= 0.6 is 11.6 Å². The van der Waals surface area contributed by atoms with E-state index in [1.54, 1.807) is 0 Å². The SMILES string of the molecule is C=C(Nc1ccc(C)c(C)c1)c1cc(Cl)c(CC2CCC2)c(OC2CCC2)c1. The van der Waals surface area contributed by atoms with Gasteiger partial charge < -0.3 is 10.1 Å². The Morgan fingerprint density at radius 3 is 2.43 bits per heavy atom. The average Bonchev–Trinajstić information content (AvgIpc) is 2.58. The van der Waals surface area contributed by atoms with Gasteiger partial charge in [0.1, 0.15) is 5.75 Å². The van der Waals surface area contributed by atoms with Crippen molar-refractivity contribution in [3.8, 4) is 5.75 Å². The lowest BCUT2D eigenvalue weighted by Crippen LogP contribution is -2.25. The third-order valence-corrected chi connectivity index (χ3v) is 6.71. The summed E-state index contributed by atoms with van der Waals surface area (Å²) in [5, 5.41) is 4.24. The molecular weight excluding hydrogens is 366 g/mol. The smallest absolute Gasteiger partial charge is 0.125 e. The van der Waals surface area contributed by atoms with Gasteiger partial charge in [-0.25, -0.2) is 0 Å². The fourth-order valence-corrected chi connectivity index (χ4v) is 4.10. The molecule has 2 aromatic rings. The predicted octanol–water partition coefficient (Wildman–Crippen LogP) is 7.31. The second kappa shape index (κ2) is 8.21. The summed E-state index contributed by atoms with van der Waals surface area (Å²) in [6.45, 7) is 8.51. The van der Waals surface area contributed by atoms with Crippen molar-refractivity contribution in [2.75, 3.05) is 5.32 Å². The van der Waals surface area contributed by atoms with Gasteiger partial charge in [-0.05, 0) is 80.8 Å². The van der Waals surface area contributed by atoms with Crippen molar-refractivity contribution in [3.05, 3.63) is 64.2 Å². The normalized spacial score (nSPS) is 17.0. The van der Waals surface area contributed by atoms with E-state index in [0.29, 0.717) is 6.10 Å². The second-order valence-electron chi connectivity index (χ2n) is 8.51. The first-order chi connectivity index (χ1) is 13.5. The number of hydrogen-bond acceptors (Lipinski definition) is 2. The zero-order valence-electron chi connectivity index (χ0n) is 17.0. The van der Waals surface area contributed by atoms with Crippen LogP contribution in [0.1, 0.15) is 60.8 Å². The Morgan fingerprint density at radius 2 is 1.82 bits per heavy atom. The summed E-state index contributed by atoms with van der Waals surface area (Å²) in [7, 11) is 0. The Hall–Kier alpha value is -1.93. The molecule has 0 bridgehead atoms. The van der Waals surface area contributed by atoms with E-state index < -0.39 is 0 Å². The fourth-order valence-electron chi connectivity index (χ4n) is 3.81. The highest BCUT2D eigenvalue weighted by Crippen LogP contribution is 2.39. The van der Waals surface area contributed by atoms with Gasteiger partial charge in [-0.15, -0.1) is 0 Å². The first-order valence-corrected chi connectivity index (χ1v) is 10.9. The molecule has 3 heteroatoms. The van der Waals surface area contributed by atoms with Crippen molar-refractivity contribution in [2.24, 2.45) is 5.92 Å². The van der Waals surface area contributed by atoms with Gasteiger partial charge in [0.25, 0.3) is 0 Å². The largest absolute Gasteiger partial charge is 0.490 e. The van der Waals surface area contributed by atoms with E-state index in [9.17, 15) is 0 Å². The van der Waals surface area contributed by atoms with E-state index in [2.05, 4.69) is 50.0 Å². The van der Waals surface area contributed by atoms with Crippen LogP contribution in [0.3, 0.4) is 0 Å². The molecule has 0 spiro atoms. The Balaban J connectivity index is 1.58. The van der Waals surface area contributed by atoms with Crippen LogP contribution < -0.4 is 10.1 Å². The van der Waals surface area contributed by atoms with E-state index >= 15 is 0 Å². The van der Waals surface area contributed by atoms with Gasteiger partial charge in [0.05, 0.1) is 6.10 Å². The van der Waals surface area contributed by atoms with Crippen molar-refractivity contribution in [1.82, 2.24) is 0 Å². The van der Waals surface area contributed by atoms with Crippen molar-refractivity contribution in [2.45, 2.75) is 64.9 Å². The summed E-state index contributed by atoms with van der Waals surface area (Å²) in [5.74, 6) is 1.71. The van der Waals surface area contributed by atoms with Crippen LogP contribution in [-0.4, -0.2) is 6.10 Å². The number of benzene rings is 2. The third kappa shape index (κ3) is 4.22. The molecule has 0 radical (unpaired) electrons. The number of nitrogens with one attached hydrogen (secondary N) is 1. The molecular formula is C25H30ClNO. The standard InChI is InChI=1S/C25H30ClNO/c1-16-10-11-21(12-17(16)2)27-18(3)20-14-24(26)23(13-19-6-4-7-19)25(15-20)28-22-8-5-9-22/h10-12,14-15,19,22,27H,3-9,13H2,1-2H3. The Kier molecular flexibility index (Phi) is 5.68.